The SMILES string of the molecule is CC1=C(P(=O)(c2ccccc2)c2ccccc2)SCCN1. The van der Waals surface area contributed by atoms with E-state index in [1.54, 1.807) is 11.8 Å². The topological polar surface area (TPSA) is 29.1 Å². The van der Waals surface area contributed by atoms with E-state index >= 15 is 0 Å². The van der Waals surface area contributed by atoms with Gasteiger partial charge in [-0.05, 0) is 6.92 Å². The third-order valence-corrected chi connectivity index (χ3v) is 8.68. The number of rotatable bonds is 3. The molecule has 4 heteroatoms. The fraction of sp³-hybridized carbons (Fsp3) is 0.176. The summed E-state index contributed by atoms with van der Waals surface area (Å²) in [4.78, 5) is 0. The van der Waals surface area contributed by atoms with Gasteiger partial charge < -0.3 is 9.88 Å². The largest absolute Gasteiger partial charge is 0.387 e. The monoisotopic (exact) mass is 315 g/mol. The maximum atomic E-state index is 14.1. The quantitative estimate of drug-likeness (QED) is 0.879. The van der Waals surface area contributed by atoms with Gasteiger partial charge >= 0.3 is 0 Å². The lowest BCUT2D eigenvalue weighted by molar-refractivity contribution is 0.591. The van der Waals surface area contributed by atoms with E-state index in [2.05, 4.69) is 5.32 Å². The first kappa shape index (κ1) is 14.5. The predicted molar refractivity (Wildman–Crippen MR) is 92.9 cm³/mol. The van der Waals surface area contributed by atoms with Crippen LogP contribution in [0.25, 0.3) is 0 Å². The molecule has 3 rings (SSSR count). The molecule has 0 fully saturated rings. The minimum Gasteiger partial charge on any atom is -0.387 e. The fourth-order valence-corrected chi connectivity index (χ4v) is 7.38. The maximum absolute atomic E-state index is 14.1. The smallest absolute Gasteiger partial charge is 0.178 e. The van der Waals surface area contributed by atoms with Crippen LogP contribution in [-0.2, 0) is 4.57 Å². The molecule has 0 spiro atoms. The standard InChI is InChI=1S/C17H18NOPS/c1-14-17(21-13-12-18-14)20(19,15-8-4-2-5-9-15)16-10-6-3-7-11-16/h2-11,18H,12-13H2,1H3. The Morgan fingerprint density at radius 1 is 0.952 bits per heavy atom. The molecule has 2 aromatic carbocycles. The summed E-state index contributed by atoms with van der Waals surface area (Å²) >= 11 is 1.72. The van der Waals surface area contributed by atoms with Crippen molar-refractivity contribution in [3.63, 3.8) is 0 Å². The van der Waals surface area contributed by atoms with E-state index in [0.29, 0.717) is 0 Å². The summed E-state index contributed by atoms with van der Waals surface area (Å²) in [5.41, 5.74) is 1.04. The Morgan fingerprint density at radius 3 is 1.95 bits per heavy atom. The highest BCUT2D eigenvalue weighted by Gasteiger charge is 2.34. The first-order chi connectivity index (χ1) is 10.2. The van der Waals surface area contributed by atoms with Crippen molar-refractivity contribution >= 4 is 29.5 Å². The molecule has 108 valence electrons. The highest BCUT2D eigenvalue weighted by Crippen LogP contribution is 2.58. The summed E-state index contributed by atoms with van der Waals surface area (Å²) < 4.78 is 15.1. The number of hydrogen-bond acceptors (Lipinski definition) is 3. The predicted octanol–water partition coefficient (Wildman–Crippen LogP) is 3.53. The Kier molecular flexibility index (Phi) is 4.23. The molecule has 0 saturated carbocycles. The van der Waals surface area contributed by atoms with Crippen molar-refractivity contribution in [3.05, 3.63) is 71.0 Å². The van der Waals surface area contributed by atoms with Gasteiger partial charge in [-0.25, -0.2) is 0 Å². The van der Waals surface area contributed by atoms with Crippen LogP contribution in [0, 0.1) is 0 Å². The van der Waals surface area contributed by atoms with Crippen LogP contribution < -0.4 is 15.9 Å². The number of nitrogens with one attached hydrogen (secondary N) is 1. The molecule has 2 nitrogen and oxygen atoms in total. The normalized spacial score (nSPS) is 15.7. The second-order valence-corrected chi connectivity index (χ2v) is 9.09. The van der Waals surface area contributed by atoms with Gasteiger partial charge in [0.25, 0.3) is 0 Å². The van der Waals surface area contributed by atoms with Crippen LogP contribution >= 0.6 is 18.9 Å². The van der Waals surface area contributed by atoms with Crippen molar-refractivity contribution in [1.82, 2.24) is 5.32 Å². The molecular formula is C17H18NOPS. The molecule has 2 aromatic rings. The van der Waals surface area contributed by atoms with Gasteiger partial charge in [0.2, 0.25) is 0 Å². The zero-order valence-electron chi connectivity index (χ0n) is 12.0. The van der Waals surface area contributed by atoms with Crippen LogP contribution in [0.5, 0.6) is 0 Å². The molecule has 0 amide bonds. The minimum atomic E-state index is -2.78. The molecule has 1 N–H and O–H groups in total. The third kappa shape index (κ3) is 2.68. The van der Waals surface area contributed by atoms with Crippen LogP contribution in [0.1, 0.15) is 6.92 Å². The van der Waals surface area contributed by atoms with Crippen molar-refractivity contribution in [2.24, 2.45) is 0 Å². The summed E-state index contributed by atoms with van der Waals surface area (Å²) in [6.07, 6.45) is 0. The zero-order chi connectivity index (χ0) is 14.7. The molecule has 1 heterocycles. The maximum Gasteiger partial charge on any atom is 0.178 e. The molecule has 0 atom stereocenters. The summed E-state index contributed by atoms with van der Waals surface area (Å²) in [5, 5.41) is 5.17. The molecular weight excluding hydrogens is 297 g/mol. The average Bonchev–Trinajstić information content (AvgIpc) is 2.56. The van der Waals surface area contributed by atoms with Crippen LogP contribution in [0.2, 0.25) is 0 Å². The van der Waals surface area contributed by atoms with Gasteiger partial charge in [0.1, 0.15) is 0 Å². The number of allylic oxidation sites excluding steroid dienone is 1. The van der Waals surface area contributed by atoms with E-state index in [-0.39, 0.29) is 0 Å². The molecule has 1 aliphatic heterocycles. The molecule has 0 unspecified atom stereocenters. The summed E-state index contributed by atoms with van der Waals surface area (Å²) in [6.45, 7) is 2.96. The zero-order valence-corrected chi connectivity index (χ0v) is 13.7. The second-order valence-electron chi connectivity index (χ2n) is 4.99. The molecule has 0 saturated heterocycles. The van der Waals surface area contributed by atoms with Crippen LogP contribution in [0.4, 0.5) is 0 Å². The lowest BCUT2D eigenvalue weighted by Gasteiger charge is -2.27. The Bertz CT molecular complexity index is 654. The Labute approximate surface area is 130 Å². The van der Waals surface area contributed by atoms with Crippen LogP contribution in [0.3, 0.4) is 0 Å². The average molecular weight is 315 g/mol. The summed E-state index contributed by atoms with van der Waals surface area (Å²) in [6, 6.07) is 19.7. The number of thioether (sulfide) groups is 1. The van der Waals surface area contributed by atoms with E-state index in [9.17, 15) is 4.57 Å². The van der Waals surface area contributed by atoms with Gasteiger partial charge in [-0.1, -0.05) is 60.7 Å². The van der Waals surface area contributed by atoms with Gasteiger partial charge in [0.05, 0.1) is 4.65 Å². The Hall–Kier alpha value is -1.44. The second kappa shape index (κ2) is 6.13. The highest BCUT2D eigenvalue weighted by molar-refractivity contribution is 8.13. The first-order valence-electron chi connectivity index (χ1n) is 7.02. The van der Waals surface area contributed by atoms with Crippen LogP contribution in [0.15, 0.2) is 71.0 Å². The van der Waals surface area contributed by atoms with E-state index in [1.165, 1.54) is 0 Å². The van der Waals surface area contributed by atoms with Gasteiger partial charge in [-0.3, -0.25) is 0 Å². The molecule has 0 aromatic heterocycles. The lowest BCUT2D eigenvalue weighted by Crippen LogP contribution is -2.25. The third-order valence-electron chi connectivity index (χ3n) is 3.58. The molecule has 0 aliphatic carbocycles. The van der Waals surface area contributed by atoms with Gasteiger partial charge in [0.15, 0.2) is 7.14 Å². The number of hydrogen-bond donors (Lipinski definition) is 1. The summed E-state index contributed by atoms with van der Waals surface area (Å²) in [7, 11) is -2.78. The van der Waals surface area contributed by atoms with Crippen molar-refractivity contribution in [2.45, 2.75) is 6.92 Å². The van der Waals surface area contributed by atoms with Crippen LogP contribution in [-0.4, -0.2) is 12.3 Å². The lowest BCUT2D eigenvalue weighted by atomic mass is 10.4. The van der Waals surface area contributed by atoms with Gasteiger partial charge in [-0.15, -0.1) is 11.8 Å². The van der Waals surface area contributed by atoms with E-state index in [0.717, 1.165) is 33.2 Å². The highest BCUT2D eigenvalue weighted by atomic mass is 32.2. The van der Waals surface area contributed by atoms with Gasteiger partial charge in [0, 0.05) is 28.6 Å². The van der Waals surface area contributed by atoms with E-state index < -0.39 is 7.14 Å². The molecule has 21 heavy (non-hydrogen) atoms. The van der Waals surface area contributed by atoms with Crippen molar-refractivity contribution in [1.29, 1.82) is 0 Å². The van der Waals surface area contributed by atoms with Crippen molar-refractivity contribution in [2.75, 3.05) is 12.3 Å². The first-order valence-corrected chi connectivity index (χ1v) is 9.71. The fourth-order valence-electron chi connectivity index (χ4n) is 2.56. The number of benzene rings is 2. The van der Waals surface area contributed by atoms with E-state index in [4.69, 9.17) is 0 Å². The van der Waals surface area contributed by atoms with Gasteiger partial charge in [-0.2, -0.15) is 0 Å². The summed E-state index contributed by atoms with van der Waals surface area (Å²) in [5.74, 6) is 0.955. The molecule has 0 bridgehead atoms. The Balaban J connectivity index is 2.24. The van der Waals surface area contributed by atoms with E-state index in [1.807, 2.05) is 67.6 Å². The van der Waals surface area contributed by atoms with Crippen molar-refractivity contribution in [3.8, 4) is 0 Å². The minimum absolute atomic E-state index is 0.904. The molecule has 1 aliphatic rings. The van der Waals surface area contributed by atoms with Crippen molar-refractivity contribution < 1.29 is 4.57 Å². The molecule has 0 radical (unpaired) electrons. The Morgan fingerprint density at radius 2 is 1.48 bits per heavy atom.